The van der Waals surface area contributed by atoms with E-state index in [1.54, 1.807) is 13.0 Å². The van der Waals surface area contributed by atoms with Gasteiger partial charge < -0.3 is 15.6 Å². The highest BCUT2D eigenvalue weighted by molar-refractivity contribution is 6.28. The number of nitrogens with two attached hydrogens (primary N) is 1. The first-order chi connectivity index (χ1) is 7.99. The molecule has 0 atom stereocenters. The number of carboxylic acid groups (broad SMARTS) is 1. The topological polar surface area (TPSA) is 84.9 Å². The van der Waals surface area contributed by atoms with Gasteiger partial charge in [-0.25, -0.2) is 9.79 Å². The van der Waals surface area contributed by atoms with Gasteiger partial charge in [-0.05, 0) is 24.6 Å². The van der Waals surface area contributed by atoms with Gasteiger partial charge in [0.15, 0.2) is 0 Å². The number of halogens is 1. The van der Waals surface area contributed by atoms with Crippen LogP contribution in [0.25, 0.3) is 0 Å². The summed E-state index contributed by atoms with van der Waals surface area (Å²) in [6.07, 6.45) is 0. The predicted molar refractivity (Wildman–Crippen MR) is 66.7 cm³/mol. The molecule has 3 N–H and O–H groups in total. The van der Waals surface area contributed by atoms with E-state index in [2.05, 4.69) is 4.99 Å². The van der Waals surface area contributed by atoms with Crippen LogP contribution in [0.5, 0.6) is 5.75 Å². The van der Waals surface area contributed by atoms with Gasteiger partial charge in [0, 0.05) is 0 Å². The Balaban J connectivity index is 3.38. The molecule has 0 aliphatic rings. The van der Waals surface area contributed by atoms with Crippen molar-refractivity contribution in [2.75, 3.05) is 13.0 Å². The number of amidine groups is 1. The Bertz CT molecular complexity index is 472. The van der Waals surface area contributed by atoms with Crippen LogP contribution in [0.4, 0.5) is 5.69 Å². The fourth-order valence-corrected chi connectivity index (χ4v) is 1.40. The highest BCUT2D eigenvalue weighted by Gasteiger charge is 2.13. The zero-order valence-electron chi connectivity index (χ0n) is 9.53. The number of carboxylic acids is 1. The van der Waals surface area contributed by atoms with Crippen molar-refractivity contribution in [3.05, 3.63) is 23.3 Å². The largest absolute Gasteiger partial charge is 0.496 e. The number of nitrogens with zero attached hydrogens (tertiary/aromatic N) is 1. The van der Waals surface area contributed by atoms with Crippen molar-refractivity contribution in [1.29, 1.82) is 0 Å². The van der Waals surface area contributed by atoms with Crippen molar-refractivity contribution in [1.82, 2.24) is 0 Å². The first-order valence-corrected chi connectivity index (χ1v) is 5.34. The van der Waals surface area contributed by atoms with Crippen molar-refractivity contribution >= 4 is 29.1 Å². The van der Waals surface area contributed by atoms with Gasteiger partial charge in [-0.2, -0.15) is 0 Å². The maximum absolute atomic E-state index is 11.1. The van der Waals surface area contributed by atoms with Crippen LogP contribution in [0.1, 0.15) is 15.9 Å². The standard InChI is InChI=1S/C11H13ClN2O3/c1-6-3-8(14-10(13)5-12)7(11(15)16)4-9(6)17-2/h3-4H,5H2,1-2H3,(H2,13,14)(H,15,16). The van der Waals surface area contributed by atoms with Crippen LogP contribution in [0.2, 0.25) is 0 Å². The Kier molecular flexibility index (Phi) is 4.34. The molecule has 0 spiro atoms. The van der Waals surface area contributed by atoms with E-state index in [9.17, 15) is 4.79 Å². The molecule has 0 bridgehead atoms. The lowest BCUT2D eigenvalue weighted by Crippen LogP contribution is -2.13. The molecule has 5 nitrogen and oxygen atoms in total. The molecule has 0 fully saturated rings. The normalized spacial score (nSPS) is 11.4. The Morgan fingerprint density at radius 2 is 2.24 bits per heavy atom. The molecule has 0 amide bonds. The minimum Gasteiger partial charge on any atom is -0.496 e. The van der Waals surface area contributed by atoms with Crippen molar-refractivity contribution in [2.24, 2.45) is 10.7 Å². The number of hydrogen-bond acceptors (Lipinski definition) is 3. The average molecular weight is 257 g/mol. The average Bonchev–Trinajstić information content (AvgIpc) is 2.28. The molecular weight excluding hydrogens is 244 g/mol. The Morgan fingerprint density at radius 3 is 2.71 bits per heavy atom. The second-order valence-electron chi connectivity index (χ2n) is 3.38. The number of benzene rings is 1. The Hall–Kier alpha value is -1.75. The summed E-state index contributed by atoms with van der Waals surface area (Å²) < 4.78 is 5.05. The number of aliphatic imine (C=N–C) groups is 1. The van der Waals surface area contributed by atoms with Crippen LogP contribution in [0, 0.1) is 6.92 Å². The van der Waals surface area contributed by atoms with Crippen LogP contribution in [-0.2, 0) is 0 Å². The number of aryl methyl sites for hydroxylation is 1. The van der Waals surface area contributed by atoms with E-state index in [0.717, 1.165) is 5.56 Å². The third kappa shape index (κ3) is 3.10. The van der Waals surface area contributed by atoms with Gasteiger partial charge in [0.05, 0.1) is 24.2 Å². The third-order valence-corrected chi connectivity index (χ3v) is 2.42. The fourth-order valence-electron chi connectivity index (χ4n) is 1.34. The summed E-state index contributed by atoms with van der Waals surface area (Å²) in [4.78, 5) is 15.0. The maximum Gasteiger partial charge on any atom is 0.338 e. The summed E-state index contributed by atoms with van der Waals surface area (Å²) in [6.45, 7) is 1.79. The summed E-state index contributed by atoms with van der Waals surface area (Å²) >= 11 is 5.50. The van der Waals surface area contributed by atoms with E-state index < -0.39 is 5.97 Å². The number of rotatable bonds is 4. The number of hydrogen-bond donors (Lipinski definition) is 2. The molecule has 6 heteroatoms. The molecule has 0 unspecified atom stereocenters. The minimum absolute atomic E-state index is 0.0283. The molecule has 1 rings (SSSR count). The molecule has 0 aliphatic carbocycles. The van der Waals surface area contributed by atoms with E-state index in [1.165, 1.54) is 13.2 Å². The molecule has 92 valence electrons. The molecule has 0 radical (unpaired) electrons. The number of aromatic carboxylic acids is 1. The second kappa shape index (κ2) is 5.54. The Labute approximate surface area is 104 Å². The summed E-state index contributed by atoms with van der Waals surface area (Å²) in [7, 11) is 1.48. The van der Waals surface area contributed by atoms with Gasteiger partial charge in [-0.1, -0.05) is 0 Å². The van der Waals surface area contributed by atoms with Crippen LogP contribution in [0.3, 0.4) is 0 Å². The summed E-state index contributed by atoms with van der Waals surface area (Å²) in [5.74, 6) is -0.390. The van der Waals surface area contributed by atoms with Gasteiger partial charge in [0.1, 0.15) is 11.6 Å². The van der Waals surface area contributed by atoms with Crippen molar-refractivity contribution in [2.45, 2.75) is 6.92 Å². The highest BCUT2D eigenvalue weighted by atomic mass is 35.5. The van der Waals surface area contributed by atoms with Gasteiger partial charge in [-0.15, -0.1) is 11.6 Å². The molecule has 17 heavy (non-hydrogen) atoms. The first-order valence-electron chi connectivity index (χ1n) is 4.80. The predicted octanol–water partition coefficient (Wildman–Crippen LogP) is 1.93. The Morgan fingerprint density at radius 1 is 1.59 bits per heavy atom. The fraction of sp³-hybridized carbons (Fsp3) is 0.273. The minimum atomic E-state index is -1.09. The molecule has 0 aromatic heterocycles. The van der Waals surface area contributed by atoms with Gasteiger partial charge in [0.2, 0.25) is 0 Å². The lowest BCUT2D eigenvalue weighted by atomic mass is 10.1. The maximum atomic E-state index is 11.1. The zero-order chi connectivity index (χ0) is 13.0. The summed E-state index contributed by atoms with van der Waals surface area (Å²) in [5.41, 5.74) is 6.57. The number of methoxy groups -OCH3 is 1. The molecule has 0 saturated carbocycles. The first kappa shape index (κ1) is 13.3. The van der Waals surface area contributed by atoms with Gasteiger partial charge >= 0.3 is 5.97 Å². The molecule has 1 aromatic rings. The van der Waals surface area contributed by atoms with Crippen LogP contribution < -0.4 is 10.5 Å². The van der Waals surface area contributed by atoms with E-state index >= 15 is 0 Å². The van der Waals surface area contributed by atoms with Gasteiger partial charge in [0.25, 0.3) is 0 Å². The SMILES string of the molecule is COc1cc(C(=O)O)c(N=C(N)CCl)cc1C. The lowest BCUT2D eigenvalue weighted by Gasteiger charge is -2.08. The van der Waals surface area contributed by atoms with E-state index in [-0.39, 0.29) is 23.0 Å². The molecule has 0 heterocycles. The second-order valence-corrected chi connectivity index (χ2v) is 3.65. The third-order valence-electron chi connectivity index (χ3n) is 2.14. The smallest absolute Gasteiger partial charge is 0.338 e. The van der Waals surface area contributed by atoms with Crippen molar-refractivity contribution in [3.63, 3.8) is 0 Å². The quantitative estimate of drug-likeness (QED) is 0.490. The number of alkyl halides is 1. The van der Waals surface area contributed by atoms with Crippen molar-refractivity contribution < 1.29 is 14.6 Å². The molecular formula is C11H13ClN2O3. The summed E-state index contributed by atoms with van der Waals surface area (Å²) in [5, 5.41) is 9.06. The molecule has 0 aliphatic heterocycles. The lowest BCUT2D eigenvalue weighted by molar-refractivity contribution is 0.0697. The van der Waals surface area contributed by atoms with E-state index in [1.807, 2.05) is 0 Å². The van der Waals surface area contributed by atoms with E-state index in [4.69, 9.17) is 27.2 Å². The zero-order valence-corrected chi connectivity index (χ0v) is 10.3. The highest BCUT2D eigenvalue weighted by Crippen LogP contribution is 2.28. The summed E-state index contributed by atoms with van der Waals surface area (Å²) in [6, 6.07) is 3.01. The van der Waals surface area contributed by atoms with Gasteiger partial charge in [-0.3, -0.25) is 0 Å². The van der Waals surface area contributed by atoms with Crippen LogP contribution >= 0.6 is 11.6 Å². The number of carbonyl (C=O) groups is 1. The van der Waals surface area contributed by atoms with Crippen LogP contribution in [-0.4, -0.2) is 29.9 Å². The van der Waals surface area contributed by atoms with E-state index in [0.29, 0.717) is 5.75 Å². The monoisotopic (exact) mass is 256 g/mol. The van der Waals surface area contributed by atoms with Crippen LogP contribution in [0.15, 0.2) is 17.1 Å². The van der Waals surface area contributed by atoms with Crippen molar-refractivity contribution in [3.8, 4) is 5.75 Å². The number of ether oxygens (including phenoxy) is 1. The molecule has 0 saturated heterocycles. The molecule has 1 aromatic carbocycles.